The van der Waals surface area contributed by atoms with Crippen molar-refractivity contribution in [2.75, 3.05) is 26.7 Å². The molecular formula is C21H27ClN2O2. The smallest absolute Gasteiger partial charge is 0.260 e. The molecule has 1 aliphatic heterocycles. The molecule has 1 N–H and O–H groups in total. The van der Waals surface area contributed by atoms with Gasteiger partial charge in [0, 0.05) is 25.6 Å². The Morgan fingerprint density at radius 3 is 2.65 bits per heavy atom. The van der Waals surface area contributed by atoms with Gasteiger partial charge in [0.05, 0.1) is 0 Å². The van der Waals surface area contributed by atoms with Crippen LogP contribution in [-0.2, 0) is 11.2 Å². The average molecular weight is 375 g/mol. The minimum Gasteiger partial charge on any atom is -0.483 e. The van der Waals surface area contributed by atoms with Gasteiger partial charge in [0.25, 0.3) is 5.91 Å². The molecule has 0 bridgehead atoms. The van der Waals surface area contributed by atoms with E-state index < -0.39 is 0 Å². The molecule has 2 aromatic carbocycles. The maximum absolute atomic E-state index is 12.5. The summed E-state index contributed by atoms with van der Waals surface area (Å²) in [4.78, 5) is 14.4. The molecule has 5 heteroatoms. The first kappa shape index (κ1) is 20.3. The summed E-state index contributed by atoms with van der Waals surface area (Å²) >= 11 is 0. The lowest BCUT2D eigenvalue weighted by Crippen LogP contribution is -2.48. The number of carbonyl (C=O) groups excluding carboxylic acids is 1. The number of piperidine rings is 1. The van der Waals surface area contributed by atoms with Crippen LogP contribution in [0.5, 0.6) is 5.75 Å². The quantitative estimate of drug-likeness (QED) is 0.843. The van der Waals surface area contributed by atoms with Gasteiger partial charge in [-0.05, 0) is 37.1 Å². The van der Waals surface area contributed by atoms with E-state index in [4.69, 9.17) is 4.74 Å². The largest absolute Gasteiger partial charge is 0.483 e. The van der Waals surface area contributed by atoms with Gasteiger partial charge in [-0.2, -0.15) is 0 Å². The Hall–Kier alpha value is -2.04. The Kier molecular flexibility index (Phi) is 7.95. The Bertz CT molecular complexity index is 693. The Morgan fingerprint density at radius 1 is 1.15 bits per heavy atom. The highest BCUT2D eigenvalue weighted by atomic mass is 35.5. The predicted octanol–water partition coefficient (Wildman–Crippen LogP) is 3.29. The van der Waals surface area contributed by atoms with Crippen LogP contribution in [0.1, 0.15) is 24.0 Å². The summed E-state index contributed by atoms with van der Waals surface area (Å²) in [5.74, 6) is 0.858. The van der Waals surface area contributed by atoms with Crippen molar-refractivity contribution in [3.8, 4) is 5.75 Å². The number of likely N-dealkylation sites (N-methyl/N-ethyl adjacent to an activating group) is 1. The van der Waals surface area contributed by atoms with E-state index in [0.29, 0.717) is 6.04 Å². The first-order valence-corrected chi connectivity index (χ1v) is 8.96. The molecule has 1 amide bonds. The molecule has 26 heavy (non-hydrogen) atoms. The highest BCUT2D eigenvalue weighted by molar-refractivity contribution is 5.85. The molecule has 1 fully saturated rings. The van der Waals surface area contributed by atoms with Crippen molar-refractivity contribution in [1.82, 2.24) is 10.2 Å². The minimum atomic E-state index is 0. The van der Waals surface area contributed by atoms with Crippen molar-refractivity contribution in [3.05, 3.63) is 65.7 Å². The summed E-state index contributed by atoms with van der Waals surface area (Å²) in [5.41, 5.74) is 2.34. The number of nitrogens with one attached hydrogen (secondary N) is 1. The molecule has 1 unspecified atom stereocenters. The first-order valence-electron chi connectivity index (χ1n) is 8.96. The SMILES string of the molecule is CNC1CCCN(C(=O)COc2ccccc2Cc2ccccc2)C1.Cl. The van der Waals surface area contributed by atoms with Crippen molar-refractivity contribution in [1.29, 1.82) is 0 Å². The fraction of sp³-hybridized carbons (Fsp3) is 0.381. The monoisotopic (exact) mass is 374 g/mol. The second-order valence-electron chi connectivity index (χ2n) is 6.53. The summed E-state index contributed by atoms with van der Waals surface area (Å²) in [6, 6.07) is 18.7. The molecule has 1 saturated heterocycles. The van der Waals surface area contributed by atoms with Crippen LogP contribution in [0.4, 0.5) is 0 Å². The molecule has 4 nitrogen and oxygen atoms in total. The average Bonchev–Trinajstić information content (AvgIpc) is 2.68. The molecule has 1 heterocycles. The molecule has 1 aliphatic rings. The molecule has 0 aliphatic carbocycles. The number of hydrogen-bond donors (Lipinski definition) is 1. The van der Waals surface area contributed by atoms with Crippen LogP contribution >= 0.6 is 12.4 Å². The van der Waals surface area contributed by atoms with Gasteiger partial charge < -0.3 is 15.0 Å². The highest BCUT2D eigenvalue weighted by Crippen LogP contribution is 2.21. The molecular weight excluding hydrogens is 348 g/mol. The highest BCUT2D eigenvalue weighted by Gasteiger charge is 2.22. The number of benzene rings is 2. The number of halogens is 1. The number of amides is 1. The molecule has 2 aromatic rings. The van der Waals surface area contributed by atoms with Crippen molar-refractivity contribution in [3.63, 3.8) is 0 Å². The van der Waals surface area contributed by atoms with Gasteiger partial charge in [0.15, 0.2) is 6.61 Å². The first-order chi connectivity index (χ1) is 12.3. The van der Waals surface area contributed by atoms with Crippen LogP contribution in [0.15, 0.2) is 54.6 Å². The number of para-hydroxylation sites is 1. The number of nitrogens with zero attached hydrogens (tertiary/aromatic N) is 1. The van der Waals surface area contributed by atoms with Crippen LogP contribution < -0.4 is 10.1 Å². The summed E-state index contributed by atoms with van der Waals surface area (Å²) < 4.78 is 5.88. The van der Waals surface area contributed by atoms with E-state index in [-0.39, 0.29) is 24.9 Å². The number of hydrogen-bond acceptors (Lipinski definition) is 3. The van der Waals surface area contributed by atoms with E-state index in [2.05, 4.69) is 23.5 Å². The van der Waals surface area contributed by atoms with Gasteiger partial charge in [0.2, 0.25) is 0 Å². The van der Waals surface area contributed by atoms with E-state index in [1.165, 1.54) is 5.56 Å². The van der Waals surface area contributed by atoms with Gasteiger partial charge in [-0.25, -0.2) is 0 Å². The third-order valence-corrected chi connectivity index (χ3v) is 4.74. The van der Waals surface area contributed by atoms with E-state index in [9.17, 15) is 4.79 Å². The van der Waals surface area contributed by atoms with E-state index in [0.717, 1.165) is 43.7 Å². The van der Waals surface area contributed by atoms with Gasteiger partial charge in [0.1, 0.15) is 5.75 Å². The van der Waals surface area contributed by atoms with Crippen molar-refractivity contribution >= 4 is 18.3 Å². The van der Waals surface area contributed by atoms with Crippen LogP contribution in [0, 0.1) is 0 Å². The second kappa shape index (κ2) is 10.2. The van der Waals surface area contributed by atoms with Gasteiger partial charge in [-0.3, -0.25) is 4.79 Å². The summed E-state index contributed by atoms with van der Waals surface area (Å²) in [5, 5.41) is 3.26. The van der Waals surface area contributed by atoms with Crippen molar-refractivity contribution < 1.29 is 9.53 Å². The van der Waals surface area contributed by atoms with Crippen LogP contribution in [0.3, 0.4) is 0 Å². The standard InChI is InChI=1S/C21H26N2O2.ClH/c1-22-19-11-7-13-23(15-19)21(24)16-25-20-12-6-5-10-18(20)14-17-8-3-2-4-9-17;/h2-6,8-10,12,19,22H,7,11,13-16H2,1H3;1H. The van der Waals surface area contributed by atoms with E-state index in [1.807, 2.05) is 48.3 Å². The molecule has 0 spiro atoms. The number of ether oxygens (including phenoxy) is 1. The zero-order valence-corrected chi connectivity index (χ0v) is 16.0. The fourth-order valence-corrected chi connectivity index (χ4v) is 3.28. The molecule has 3 rings (SSSR count). The lowest BCUT2D eigenvalue weighted by Gasteiger charge is -2.32. The number of likely N-dealkylation sites (tertiary alicyclic amines) is 1. The Balaban J connectivity index is 0.00000243. The fourth-order valence-electron chi connectivity index (χ4n) is 3.28. The van der Waals surface area contributed by atoms with Gasteiger partial charge in [-0.15, -0.1) is 12.4 Å². The molecule has 140 valence electrons. The van der Waals surface area contributed by atoms with Crippen LogP contribution in [-0.4, -0.2) is 43.6 Å². The van der Waals surface area contributed by atoms with E-state index >= 15 is 0 Å². The van der Waals surface area contributed by atoms with Crippen LogP contribution in [0.2, 0.25) is 0 Å². The Labute approximate surface area is 162 Å². The minimum absolute atomic E-state index is 0. The summed E-state index contributed by atoms with van der Waals surface area (Å²) in [6.07, 6.45) is 2.97. The zero-order valence-electron chi connectivity index (χ0n) is 15.2. The third kappa shape index (κ3) is 5.48. The van der Waals surface area contributed by atoms with Crippen molar-refractivity contribution in [2.45, 2.75) is 25.3 Å². The summed E-state index contributed by atoms with van der Waals surface area (Å²) in [7, 11) is 1.95. The van der Waals surface area contributed by atoms with Crippen molar-refractivity contribution in [2.24, 2.45) is 0 Å². The van der Waals surface area contributed by atoms with E-state index in [1.54, 1.807) is 0 Å². The summed E-state index contributed by atoms with van der Waals surface area (Å²) in [6.45, 7) is 1.69. The zero-order chi connectivity index (χ0) is 17.5. The topological polar surface area (TPSA) is 41.6 Å². The predicted molar refractivity (Wildman–Crippen MR) is 107 cm³/mol. The normalized spacial score (nSPS) is 16.7. The molecule has 0 saturated carbocycles. The lowest BCUT2D eigenvalue weighted by atomic mass is 10.0. The third-order valence-electron chi connectivity index (χ3n) is 4.74. The van der Waals surface area contributed by atoms with Gasteiger partial charge in [-0.1, -0.05) is 48.5 Å². The van der Waals surface area contributed by atoms with Gasteiger partial charge >= 0.3 is 0 Å². The molecule has 0 radical (unpaired) electrons. The second-order valence-corrected chi connectivity index (χ2v) is 6.53. The lowest BCUT2D eigenvalue weighted by molar-refractivity contribution is -0.134. The Morgan fingerprint density at radius 2 is 1.88 bits per heavy atom. The van der Waals surface area contributed by atoms with Crippen LogP contribution in [0.25, 0.3) is 0 Å². The maximum atomic E-state index is 12.5. The number of carbonyl (C=O) groups is 1. The maximum Gasteiger partial charge on any atom is 0.260 e. The molecule has 1 atom stereocenters. The number of rotatable bonds is 6. The molecule has 0 aromatic heterocycles.